The van der Waals surface area contributed by atoms with Crippen LogP contribution < -0.4 is 10.6 Å². The highest BCUT2D eigenvalue weighted by Crippen LogP contribution is 2.44. The fraction of sp³-hybridized carbons (Fsp3) is 0.545. The Labute approximate surface area is 176 Å². The lowest BCUT2D eigenvalue weighted by Gasteiger charge is -2.50. The summed E-state index contributed by atoms with van der Waals surface area (Å²) in [7, 11) is 0. The van der Waals surface area contributed by atoms with Crippen LogP contribution in [0.5, 0.6) is 0 Å². The molecule has 158 valence electrons. The van der Waals surface area contributed by atoms with Gasteiger partial charge >= 0.3 is 0 Å². The van der Waals surface area contributed by atoms with E-state index in [4.69, 9.17) is 10.5 Å². The van der Waals surface area contributed by atoms with E-state index in [0.717, 1.165) is 50.8 Å². The Hall–Kier alpha value is -2.74. The SMILES string of the molecule is Nc1ccnc(N2CCOC3(C[C@H]4CC[C@@H](C3)N4C(=O)CCc3ccncc3)C2)n1. The number of fused-ring (bicyclic) bond motifs is 2. The number of hydrogen-bond acceptors (Lipinski definition) is 7. The van der Waals surface area contributed by atoms with Crippen molar-refractivity contribution in [3.63, 3.8) is 0 Å². The van der Waals surface area contributed by atoms with Crippen LogP contribution in [0.2, 0.25) is 0 Å². The molecule has 2 aromatic heterocycles. The van der Waals surface area contributed by atoms with E-state index in [1.807, 2.05) is 12.1 Å². The molecule has 2 N–H and O–H groups in total. The lowest BCUT2D eigenvalue weighted by Crippen LogP contribution is -2.61. The Balaban J connectivity index is 1.26. The number of rotatable bonds is 4. The molecule has 30 heavy (non-hydrogen) atoms. The Kier molecular flexibility index (Phi) is 5.02. The number of aryl methyl sites for hydroxylation is 1. The highest BCUT2D eigenvalue weighted by Gasteiger charge is 2.52. The molecular formula is C22H28N6O2. The molecule has 0 saturated carbocycles. The van der Waals surface area contributed by atoms with Crippen molar-refractivity contribution in [2.45, 2.75) is 56.2 Å². The minimum atomic E-state index is -0.236. The fourth-order valence-electron chi connectivity index (χ4n) is 5.42. The Bertz CT molecular complexity index is 894. The molecule has 0 aromatic carbocycles. The van der Waals surface area contributed by atoms with Crippen molar-refractivity contribution in [3.8, 4) is 0 Å². The number of carbonyl (C=O) groups is 1. The van der Waals surface area contributed by atoms with Gasteiger partial charge in [0.05, 0.1) is 18.8 Å². The Morgan fingerprint density at radius 2 is 1.93 bits per heavy atom. The van der Waals surface area contributed by atoms with Crippen LogP contribution in [0.15, 0.2) is 36.8 Å². The third kappa shape index (κ3) is 3.71. The quantitative estimate of drug-likeness (QED) is 0.824. The predicted molar refractivity (Wildman–Crippen MR) is 113 cm³/mol. The number of carbonyl (C=O) groups excluding carboxylic acids is 1. The van der Waals surface area contributed by atoms with Crippen LogP contribution in [0, 0.1) is 0 Å². The zero-order valence-electron chi connectivity index (χ0n) is 17.1. The first-order chi connectivity index (χ1) is 14.6. The molecule has 3 fully saturated rings. The van der Waals surface area contributed by atoms with E-state index in [2.05, 4.69) is 24.8 Å². The van der Waals surface area contributed by atoms with Crippen molar-refractivity contribution in [1.29, 1.82) is 0 Å². The summed E-state index contributed by atoms with van der Waals surface area (Å²) in [6, 6.07) is 6.19. The molecule has 1 spiro atoms. The van der Waals surface area contributed by atoms with Gasteiger partial charge in [0.15, 0.2) is 0 Å². The Morgan fingerprint density at radius 3 is 2.67 bits per heavy atom. The van der Waals surface area contributed by atoms with Gasteiger partial charge in [-0.05, 0) is 55.9 Å². The molecule has 2 bridgehead atoms. The summed E-state index contributed by atoms with van der Waals surface area (Å²) in [5.74, 6) is 1.41. The summed E-state index contributed by atoms with van der Waals surface area (Å²) in [6.45, 7) is 2.16. The Morgan fingerprint density at radius 1 is 1.17 bits per heavy atom. The van der Waals surface area contributed by atoms with Gasteiger partial charge in [0, 0.05) is 43.6 Å². The van der Waals surface area contributed by atoms with E-state index in [0.29, 0.717) is 24.8 Å². The largest absolute Gasteiger partial charge is 0.384 e. The van der Waals surface area contributed by atoms with E-state index in [1.165, 1.54) is 0 Å². The van der Waals surface area contributed by atoms with Crippen LogP contribution in [0.3, 0.4) is 0 Å². The summed E-state index contributed by atoms with van der Waals surface area (Å²) >= 11 is 0. The topological polar surface area (TPSA) is 97.5 Å². The molecule has 1 amide bonds. The number of pyridine rings is 1. The smallest absolute Gasteiger partial charge is 0.227 e. The number of ether oxygens (including phenoxy) is 1. The maximum absolute atomic E-state index is 13.1. The summed E-state index contributed by atoms with van der Waals surface area (Å²) < 4.78 is 6.35. The number of anilines is 2. The summed E-state index contributed by atoms with van der Waals surface area (Å²) in [5.41, 5.74) is 6.78. The number of nitrogens with two attached hydrogens (primary N) is 1. The first-order valence-electron chi connectivity index (χ1n) is 10.8. The second kappa shape index (κ2) is 7.83. The van der Waals surface area contributed by atoms with Crippen molar-refractivity contribution >= 4 is 17.7 Å². The predicted octanol–water partition coefficient (Wildman–Crippen LogP) is 1.82. The van der Waals surface area contributed by atoms with E-state index in [-0.39, 0.29) is 23.6 Å². The average molecular weight is 409 g/mol. The molecule has 8 nitrogen and oxygen atoms in total. The molecule has 0 aliphatic carbocycles. The van der Waals surface area contributed by atoms with Gasteiger partial charge in [-0.1, -0.05) is 0 Å². The second-order valence-electron chi connectivity index (χ2n) is 8.68. The monoisotopic (exact) mass is 408 g/mol. The zero-order valence-corrected chi connectivity index (χ0v) is 17.1. The van der Waals surface area contributed by atoms with Gasteiger partial charge in [0.1, 0.15) is 5.82 Å². The van der Waals surface area contributed by atoms with Gasteiger partial charge in [-0.15, -0.1) is 0 Å². The van der Waals surface area contributed by atoms with Crippen LogP contribution in [0.1, 0.15) is 37.7 Å². The molecule has 5 rings (SSSR count). The van der Waals surface area contributed by atoms with Crippen molar-refractivity contribution in [1.82, 2.24) is 19.9 Å². The normalized spacial score (nSPS) is 28.1. The van der Waals surface area contributed by atoms with Crippen LogP contribution in [-0.4, -0.2) is 63.1 Å². The first-order valence-corrected chi connectivity index (χ1v) is 10.8. The van der Waals surface area contributed by atoms with Crippen molar-refractivity contribution in [3.05, 3.63) is 42.4 Å². The average Bonchev–Trinajstić information content (AvgIpc) is 3.05. The van der Waals surface area contributed by atoms with Gasteiger partial charge in [-0.3, -0.25) is 9.78 Å². The molecule has 8 heteroatoms. The van der Waals surface area contributed by atoms with Gasteiger partial charge in [-0.2, -0.15) is 4.98 Å². The third-order valence-electron chi connectivity index (χ3n) is 6.70. The lowest BCUT2D eigenvalue weighted by atomic mass is 9.84. The van der Waals surface area contributed by atoms with E-state index in [9.17, 15) is 4.79 Å². The highest BCUT2D eigenvalue weighted by atomic mass is 16.5. The maximum atomic E-state index is 13.1. The van der Waals surface area contributed by atoms with Crippen LogP contribution in [-0.2, 0) is 16.0 Å². The summed E-state index contributed by atoms with van der Waals surface area (Å²) in [6.07, 6.45) is 10.5. The van der Waals surface area contributed by atoms with E-state index in [1.54, 1.807) is 24.7 Å². The lowest BCUT2D eigenvalue weighted by molar-refractivity contribution is -0.147. The molecule has 3 saturated heterocycles. The molecule has 2 aromatic rings. The molecule has 1 unspecified atom stereocenters. The minimum Gasteiger partial charge on any atom is -0.384 e. The molecule has 3 aliphatic heterocycles. The van der Waals surface area contributed by atoms with Crippen LogP contribution in [0.25, 0.3) is 0 Å². The molecule has 3 atom stereocenters. The molecule has 5 heterocycles. The van der Waals surface area contributed by atoms with Gasteiger partial charge in [0.2, 0.25) is 11.9 Å². The molecule has 0 radical (unpaired) electrons. The number of nitrogens with zero attached hydrogens (tertiary/aromatic N) is 5. The highest BCUT2D eigenvalue weighted by molar-refractivity contribution is 5.77. The standard InChI is InChI=1S/C22H28N6O2/c23-19-7-10-25-21(26-19)27-11-12-30-22(15-27)13-17-2-3-18(14-22)28(17)20(29)4-1-16-5-8-24-9-6-16/h5-10,17-18H,1-4,11-15H2,(H2,23,25,26)/t17-,18+,22?. The molecule has 3 aliphatic rings. The van der Waals surface area contributed by atoms with E-state index >= 15 is 0 Å². The number of piperidine rings is 1. The summed E-state index contributed by atoms with van der Waals surface area (Å²) in [4.78, 5) is 30.2. The number of amides is 1. The number of aromatic nitrogens is 3. The molecular weight excluding hydrogens is 380 g/mol. The first kappa shape index (κ1) is 19.2. The van der Waals surface area contributed by atoms with Gasteiger partial charge in [-0.25, -0.2) is 4.98 Å². The fourth-order valence-corrected chi connectivity index (χ4v) is 5.42. The number of hydrogen-bond donors (Lipinski definition) is 1. The van der Waals surface area contributed by atoms with E-state index < -0.39 is 0 Å². The second-order valence-corrected chi connectivity index (χ2v) is 8.68. The summed E-state index contributed by atoms with van der Waals surface area (Å²) in [5, 5.41) is 0. The van der Waals surface area contributed by atoms with Gasteiger partial charge < -0.3 is 20.3 Å². The van der Waals surface area contributed by atoms with Crippen LogP contribution in [0.4, 0.5) is 11.8 Å². The van der Waals surface area contributed by atoms with Gasteiger partial charge in [0.25, 0.3) is 0 Å². The third-order valence-corrected chi connectivity index (χ3v) is 6.70. The van der Waals surface area contributed by atoms with Crippen molar-refractivity contribution in [2.24, 2.45) is 0 Å². The minimum absolute atomic E-state index is 0.236. The number of nitrogen functional groups attached to an aromatic ring is 1. The maximum Gasteiger partial charge on any atom is 0.227 e. The van der Waals surface area contributed by atoms with Crippen LogP contribution >= 0.6 is 0 Å². The zero-order chi connectivity index (χ0) is 20.6. The number of morpholine rings is 1. The van der Waals surface area contributed by atoms with Crippen molar-refractivity contribution < 1.29 is 9.53 Å². The van der Waals surface area contributed by atoms with Crippen molar-refractivity contribution in [2.75, 3.05) is 30.3 Å².